The second kappa shape index (κ2) is 8.72. The molecule has 3 aliphatic rings. The lowest BCUT2D eigenvalue weighted by atomic mass is 9.82. The van der Waals surface area contributed by atoms with Gasteiger partial charge < -0.3 is 14.7 Å². The Hall–Kier alpha value is -3.31. The van der Waals surface area contributed by atoms with Crippen molar-refractivity contribution in [2.75, 3.05) is 19.6 Å². The van der Waals surface area contributed by atoms with Crippen LogP contribution in [-0.2, 0) is 6.42 Å². The van der Waals surface area contributed by atoms with Crippen LogP contribution >= 0.6 is 0 Å². The maximum absolute atomic E-state index is 13.9. The van der Waals surface area contributed by atoms with E-state index in [9.17, 15) is 9.90 Å². The Bertz CT molecular complexity index is 1220. The molecule has 3 aromatic rings. The number of carbonyl (C=O) groups excluding carboxylic acids is 1. The number of phenols is 1. The van der Waals surface area contributed by atoms with Crippen molar-refractivity contribution in [1.82, 2.24) is 9.80 Å². The van der Waals surface area contributed by atoms with Gasteiger partial charge in [-0.3, -0.25) is 9.69 Å². The van der Waals surface area contributed by atoms with Crippen LogP contribution in [0.1, 0.15) is 59.3 Å². The number of nitrogens with zero attached hydrogens (tertiary/aromatic N) is 2. The number of carbonyl (C=O) groups is 1. The fourth-order valence-corrected chi connectivity index (χ4v) is 5.91. The number of ether oxygens (including phenoxy) is 1. The van der Waals surface area contributed by atoms with Crippen LogP contribution in [0.15, 0.2) is 72.8 Å². The van der Waals surface area contributed by atoms with Gasteiger partial charge in [0.25, 0.3) is 5.91 Å². The average Bonchev–Trinajstić information content (AvgIpc) is 3.49. The van der Waals surface area contributed by atoms with Gasteiger partial charge >= 0.3 is 0 Å². The molecule has 5 nitrogen and oxygen atoms in total. The molecule has 180 valence electrons. The Balaban J connectivity index is 1.36. The maximum atomic E-state index is 13.9. The van der Waals surface area contributed by atoms with Crippen molar-refractivity contribution in [1.29, 1.82) is 0 Å². The molecule has 2 fully saturated rings. The molecule has 1 aliphatic carbocycles. The van der Waals surface area contributed by atoms with Gasteiger partial charge in [0.1, 0.15) is 17.6 Å². The first kappa shape index (κ1) is 22.2. The van der Waals surface area contributed by atoms with Crippen LogP contribution in [0.25, 0.3) is 0 Å². The van der Waals surface area contributed by atoms with Crippen LogP contribution < -0.4 is 4.74 Å². The van der Waals surface area contributed by atoms with Crippen molar-refractivity contribution in [3.63, 3.8) is 0 Å². The van der Waals surface area contributed by atoms with E-state index in [1.807, 2.05) is 54.6 Å². The smallest absolute Gasteiger partial charge is 0.255 e. The zero-order valence-electron chi connectivity index (χ0n) is 20.2. The van der Waals surface area contributed by atoms with Crippen LogP contribution in [0.3, 0.4) is 0 Å². The van der Waals surface area contributed by atoms with Crippen molar-refractivity contribution in [2.24, 2.45) is 0 Å². The molecule has 0 aromatic heterocycles. The molecule has 1 N–H and O–H groups in total. The summed E-state index contributed by atoms with van der Waals surface area (Å²) < 4.78 is 6.28. The third kappa shape index (κ3) is 4.08. The molecular formula is C30H32N2O3. The predicted octanol–water partition coefficient (Wildman–Crippen LogP) is 5.19. The van der Waals surface area contributed by atoms with E-state index < -0.39 is 0 Å². The van der Waals surface area contributed by atoms with Gasteiger partial charge in [-0.25, -0.2) is 0 Å². The molecule has 2 aliphatic heterocycles. The Morgan fingerprint density at radius 3 is 2.51 bits per heavy atom. The van der Waals surface area contributed by atoms with E-state index in [2.05, 4.69) is 28.9 Å². The molecule has 1 saturated carbocycles. The van der Waals surface area contributed by atoms with Crippen molar-refractivity contribution < 1.29 is 14.6 Å². The number of rotatable bonds is 5. The van der Waals surface area contributed by atoms with E-state index in [1.54, 1.807) is 6.07 Å². The van der Waals surface area contributed by atoms with Crippen LogP contribution in [0, 0.1) is 0 Å². The highest BCUT2D eigenvalue weighted by Gasteiger charge is 2.56. The number of likely N-dealkylation sites (N-methyl/N-ethyl adjacent to an activating group) is 1. The lowest BCUT2D eigenvalue weighted by Crippen LogP contribution is -2.49. The first-order valence-corrected chi connectivity index (χ1v) is 12.8. The van der Waals surface area contributed by atoms with Crippen LogP contribution in [-0.4, -0.2) is 52.1 Å². The number of hydrogen-bond acceptors (Lipinski definition) is 4. The highest BCUT2D eigenvalue weighted by molar-refractivity contribution is 5.96. The number of aromatic hydroxyl groups is 1. The molecule has 6 rings (SSSR count). The minimum atomic E-state index is -0.203. The molecular weight excluding hydrogens is 436 g/mol. The summed E-state index contributed by atoms with van der Waals surface area (Å²) in [7, 11) is 0. The zero-order valence-corrected chi connectivity index (χ0v) is 20.2. The van der Waals surface area contributed by atoms with Crippen molar-refractivity contribution >= 4 is 5.91 Å². The number of benzene rings is 3. The average molecular weight is 469 g/mol. The Morgan fingerprint density at radius 2 is 1.83 bits per heavy atom. The SMILES string of the molecule is CCN1CC[C@H](Oc2ccc([C@@H]3c4ccc(O)cc4CC4(CC4)N3C(=O)c3ccccc3)cc2)C1. The molecule has 35 heavy (non-hydrogen) atoms. The van der Waals surface area contributed by atoms with Gasteiger partial charge in [0.15, 0.2) is 0 Å². The summed E-state index contributed by atoms with van der Waals surface area (Å²) in [4.78, 5) is 18.5. The van der Waals surface area contributed by atoms with Crippen molar-refractivity contribution in [2.45, 2.75) is 50.3 Å². The summed E-state index contributed by atoms with van der Waals surface area (Å²) in [6.07, 6.45) is 4.02. The molecule has 0 radical (unpaired) electrons. The summed E-state index contributed by atoms with van der Waals surface area (Å²) in [6, 6.07) is 23.3. The number of amides is 1. The van der Waals surface area contributed by atoms with E-state index in [1.165, 1.54) is 0 Å². The summed E-state index contributed by atoms with van der Waals surface area (Å²) >= 11 is 0. The fourth-order valence-electron chi connectivity index (χ4n) is 5.91. The normalized spacial score (nSPS) is 22.7. The number of likely N-dealkylation sites (tertiary alicyclic amines) is 1. The van der Waals surface area contributed by atoms with Gasteiger partial charge in [-0.15, -0.1) is 0 Å². The first-order chi connectivity index (χ1) is 17.1. The van der Waals surface area contributed by atoms with E-state index in [0.29, 0.717) is 5.56 Å². The molecule has 0 unspecified atom stereocenters. The summed E-state index contributed by atoms with van der Waals surface area (Å²) in [5.74, 6) is 1.22. The fraction of sp³-hybridized carbons (Fsp3) is 0.367. The third-order valence-corrected chi connectivity index (χ3v) is 7.95. The van der Waals surface area contributed by atoms with Gasteiger partial charge in [0.05, 0.1) is 6.04 Å². The molecule has 1 spiro atoms. The van der Waals surface area contributed by atoms with Crippen LogP contribution in [0.2, 0.25) is 0 Å². The standard InChI is InChI=1S/C30H32N2O3/c1-2-31-17-14-26(20-31)35-25-11-8-21(9-12-25)28-27-13-10-24(33)18-23(27)19-30(15-16-30)32(28)29(34)22-6-4-3-5-7-22/h3-13,18,26,28,33H,2,14-17,19-20H2,1H3/t26-,28+/m0/s1. The van der Waals surface area contributed by atoms with Crippen LogP contribution in [0.5, 0.6) is 11.5 Å². The van der Waals surface area contributed by atoms with Gasteiger partial charge in [-0.1, -0.05) is 43.3 Å². The largest absolute Gasteiger partial charge is 0.508 e. The van der Waals surface area contributed by atoms with Crippen molar-refractivity contribution in [3.05, 3.63) is 95.1 Å². The highest BCUT2D eigenvalue weighted by atomic mass is 16.5. The maximum Gasteiger partial charge on any atom is 0.255 e. The van der Waals surface area contributed by atoms with E-state index >= 15 is 0 Å². The lowest BCUT2D eigenvalue weighted by Gasteiger charge is -2.44. The molecule has 2 atom stereocenters. The summed E-state index contributed by atoms with van der Waals surface area (Å²) in [5.41, 5.74) is 3.82. The second-order valence-electron chi connectivity index (χ2n) is 10.2. The Kier molecular flexibility index (Phi) is 5.53. The molecule has 1 saturated heterocycles. The molecule has 0 bridgehead atoms. The Morgan fingerprint density at radius 1 is 1.06 bits per heavy atom. The van der Waals surface area contributed by atoms with Crippen LogP contribution in [0.4, 0.5) is 0 Å². The molecule has 5 heteroatoms. The molecule has 1 amide bonds. The zero-order chi connectivity index (χ0) is 24.0. The summed E-state index contributed by atoms with van der Waals surface area (Å²) in [5, 5.41) is 10.2. The molecule has 2 heterocycles. The monoisotopic (exact) mass is 468 g/mol. The number of phenolic OH excluding ortho intramolecular Hbond substituents is 1. The van der Waals surface area contributed by atoms with E-state index in [4.69, 9.17) is 4.74 Å². The second-order valence-corrected chi connectivity index (χ2v) is 10.2. The minimum absolute atomic E-state index is 0.0674. The van der Waals surface area contributed by atoms with Gasteiger partial charge in [-0.05, 0) is 85.3 Å². The van der Waals surface area contributed by atoms with E-state index in [0.717, 1.165) is 67.8 Å². The quantitative estimate of drug-likeness (QED) is 0.560. The minimum Gasteiger partial charge on any atom is -0.508 e. The van der Waals surface area contributed by atoms with Gasteiger partial charge in [0.2, 0.25) is 0 Å². The number of fused-ring (bicyclic) bond motifs is 1. The predicted molar refractivity (Wildman–Crippen MR) is 136 cm³/mol. The third-order valence-electron chi connectivity index (χ3n) is 7.95. The topological polar surface area (TPSA) is 53.0 Å². The number of hydrogen-bond donors (Lipinski definition) is 1. The Labute approximate surface area is 206 Å². The van der Waals surface area contributed by atoms with Gasteiger partial charge in [0, 0.05) is 24.2 Å². The summed E-state index contributed by atoms with van der Waals surface area (Å²) in [6.45, 7) is 5.31. The lowest BCUT2D eigenvalue weighted by molar-refractivity contribution is 0.0541. The van der Waals surface area contributed by atoms with E-state index in [-0.39, 0.29) is 29.3 Å². The van der Waals surface area contributed by atoms with Gasteiger partial charge in [-0.2, -0.15) is 0 Å². The first-order valence-electron chi connectivity index (χ1n) is 12.8. The molecule has 3 aromatic carbocycles. The highest BCUT2D eigenvalue weighted by Crippen LogP contribution is 2.55. The van der Waals surface area contributed by atoms with Crippen molar-refractivity contribution in [3.8, 4) is 11.5 Å².